The number of nitrogens with zero attached hydrogens (tertiary/aromatic N) is 2. The van der Waals surface area contributed by atoms with Crippen LogP contribution >= 0.6 is 11.8 Å². The summed E-state index contributed by atoms with van der Waals surface area (Å²) in [6, 6.07) is 4.67. The van der Waals surface area contributed by atoms with Gasteiger partial charge in [0.15, 0.2) is 11.5 Å². The molecule has 0 unspecified atom stereocenters. The summed E-state index contributed by atoms with van der Waals surface area (Å²) in [6.45, 7) is 6.65. The molecule has 1 aromatic carbocycles. The Hall–Kier alpha value is -2.42. The van der Waals surface area contributed by atoms with Gasteiger partial charge < -0.3 is 24.6 Å². The number of carbonyl (C=O) groups is 3. The number of rotatable bonds is 8. The molecule has 0 saturated carbocycles. The quantitative estimate of drug-likeness (QED) is 0.674. The zero-order chi connectivity index (χ0) is 21.9. The van der Waals surface area contributed by atoms with E-state index in [9.17, 15) is 14.4 Å². The third kappa shape index (κ3) is 4.50. The second-order valence-electron chi connectivity index (χ2n) is 7.54. The highest BCUT2D eigenvalue weighted by molar-refractivity contribution is 8.01. The average molecular weight is 436 g/mol. The number of ether oxygens (including phenoxy) is 2. The van der Waals surface area contributed by atoms with E-state index in [1.165, 1.54) is 4.90 Å². The highest BCUT2D eigenvalue weighted by Crippen LogP contribution is 2.47. The lowest BCUT2D eigenvalue weighted by Gasteiger charge is -2.31. The molecule has 2 aliphatic rings. The van der Waals surface area contributed by atoms with Crippen LogP contribution in [-0.4, -0.2) is 71.0 Å². The van der Waals surface area contributed by atoms with Gasteiger partial charge in [0.25, 0.3) is 0 Å². The van der Waals surface area contributed by atoms with Crippen molar-refractivity contribution in [3.8, 4) is 11.5 Å². The topological polar surface area (TPSA) is 88.2 Å². The summed E-state index contributed by atoms with van der Waals surface area (Å²) < 4.78 is 11.1. The number of hydrogen-bond acceptors (Lipinski definition) is 6. The maximum atomic E-state index is 12.9. The molecule has 164 valence electrons. The van der Waals surface area contributed by atoms with Gasteiger partial charge in [-0.1, -0.05) is 0 Å². The van der Waals surface area contributed by atoms with Crippen molar-refractivity contribution in [1.82, 2.24) is 9.80 Å². The maximum Gasteiger partial charge on any atom is 0.246 e. The molecule has 2 saturated heterocycles. The van der Waals surface area contributed by atoms with Crippen LogP contribution in [0.2, 0.25) is 0 Å². The Balaban J connectivity index is 1.61. The third-order valence-electron chi connectivity index (χ3n) is 5.31. The fourth-order valence-corrected chi connectivity index (χ4v) is 5.30. The van der Waals surface area contributed by atoms with E-state index in [1.807, 2.05) is 20.8 Å². The molecule has 0 radical (unpaired) electrons. The maximum absolute atomic E-state index is 12.9. The number of nitrogens with one attached hydrogen (secondary N) is 1. The van der Waals surface area contributed by atoms with E-state index in [-0.39, 0.29) is 29.1 Å². The van der Waals surface area contributed by atoms with Crippen molar-refractivity contribution >= 4 is 35.2 Å². The molecule has 0 bridgehead atoms. The summed E-state index contributed by atoms with van der Waals surface area (Å²) in [5, 5.41) is 2.79. The van der Waals surface area contributed by atoms with Crippen LogP contribution < -0.4 is 14.8 Å². The van der Waals surface area contributed by atoms with E-state index < -0.39 is 6.04 Å². The van der Waals surface area contributed by atoms with Crippen molar-refractivity contribution < 1.29 is 23.9 Å². The van der Waals surface area contributed by atoms with E-state index in [2.05, 4.69) is 5.32 Å². The summed E-state index contributed by atoms with van der Waals surface area (Å²) in [4.78, 5) is 40.5. The Morgan fingerprint density at radius 1 is 1.27 bits per heavy atom. The first-order valence-electron chi connectivity index (χ1n) is 10.2. The van der Waals surface area contributed by atoms with Crippen LogP contribution in [0, 0.1) is 0 Å². The number of thioether (sulfide) groups is 1. The van der Waals surface area contributed by atoms with Crippen LogP contribution in [0.4, 0.5) is 5.69 Å². The molecule has 2 fully saturated rings. The molecular formula is C21H29N3O5S. The average Bonchev–Trinajstić information content (AvgIpc) is 3.19. The van der Waals surface area contributed by atoms with E-state index >= 15 is 0 Å². The fraction of sp³-hybridized carbons (Fsp3) is 0.571. The lowest BCUT2D eigenvalue weighted by atomic mass is 10.2. The summed E-state index contributed by atoms with van der Waals surface area (Å²) in [5.41, 5.74) is 0.562. The van der Waals surface area contributed by atoms with Crippen LogP contribution in [0.25, 0.3) is 0 Å². The lowest BCUT2D eigenvalue weighted by Crippen LogP contribution is -2.51. The molecule has 30 heavy (non-hydrogen) atoms. The van der Waals surface area contributed by atoms with Gasteiger partial charge in [-0.05, 0) is 39.3 Å². The molecule has 1 aromatic rings. The van der Waals surface area contributed by atoms with Crippen molar-refractivity contribution in [3.63, 3.8) is 0 Å². The van der Waals surface area contributed by atoms with Crippen molar-refractivity contribution in [2.24, 2.45) is 0 Å². The normalized spacial score (nSPS) is 22.6. The number of amides is 3. The summed E-state index contributed by atoms with van der Waals surface area (Å²) in [5.74, 6) is 1.20. The number of anilines is 1. The van der Waals surface area contributed by atoms with Gasteiger partial charge in [0.1, 0.15) is 6.04 Å². The largest absolute Gasteiger partial charge is 0.490 e. The molecule has 0 aliphatic carbocycles. The first-order valence-corrected chi connectivity index (χ1v) is 11.2. The molecule has 3 rings (SSSR count). The van der Waals surface area contributed by atoms with Crippen LogP contribution in [0.5, 0.6) is 11.5 Å². The van der Waals surface area contributed by atoms with Crippen molar-refractivity contribution in [2.45, 2.75) is 44.5 Å². The molecular weight excluding hydrogens is 406 g/mol. The Kier molecular flexibility index (Phi) is 6.80. The highest BCUT2D eigenvalue weighted by atomic mass is 32.2. The standard InChI is InChI=1S/C21H29N3O5S/c1-5-28-16-8-7-14(11-17(16)29-6-2)22-18(25)12-23(4)20(27)15-13-30-21(3)10-9-19(26)24(15)21/h7-8,11,15H,5-6,9-10,12-13H2,1-4H3,(H,22,25)/t15-,21-/m0/s1. The summed E-state index contributed by atoms with van der Waals surface area (Å²) >= 11 is 1.64. The molecule has 3 amide bonds. The lowest BCUT2D eigenvalue weighted by molar-refractivity contribution is -0.143. The molecule has 9 heteroatoms. The molecule has 2 aliphatic heterocycles. The highest BCUT2D eigenvalue weighted by Gasteiger charge is 2.53. The van der Waals surface area contributed by atoms with Crippen molar-refractivity contribution in [2.75, 3.05) is 37.9 Å². The zero-order valence-electron chi connectivity index (χ0n) is 17.9. The Morgan fingerprint density at radius 3 is 2.67 bits per heavy atom. The van der Waals surface area contributed by atoms with Gasteiger partial charge in [-0.3, -0.25) is 14.4 Å². The minimum atomic E-state index is -0.511. The number of carbonyl (C=O) groups excluding carboxylic acids is 3. The first kappa shape index (κ1) is 22.3. The molecule has 1 N–H and O–H groups in total. The molecule has 2 atom stereocenters. The number of likely N-dealkylation sites (N-methyl/N-ethyl adjacent to an activating group) is 1. The van der Waals surface area contributed by atoms with E-state index in [0.29, 0.717) is 42.6 Å². The van der Waals surface area contributed by atoms with Crippen LogP contribution in [-0.2, 0) is 14.4 Å². The third-order valence-corrected chi connectivity index (χ3v) is 6.82. The van der Waals surface area contributed by atoms with Crippen molar-refractivity contribution in [3.05, 3.63) is 18.2 Å². The van der Waals surface area contributed by atoms with Gasteiger partial charge in [-0.15, -0.1) is 11.8 Å². The van der Waals surface area contributed by atoms with Gasteiger partial charge in [0, 0.05) is 31.0 Å². The van der Waals surface area contributed by atoms with Gasteiger partial charge in [0.2, 0.25) is 17.7 Å². The van der Waals surface area contributed by atoms with Crippen LogP contribution in [0.15, 0.2) is 18.2 Å². The number of fused-ring (bicyclic) bond motifs is 1. The SMILES string of the molecule is CCOc1ccc(NC(=O)CN(C)C(=O)[C@@H]2CS[C@@]3(C)CCC(=O)N23)cc1OCC. The van der Waals surface area contributed by atoms with Crippen LogP contribution in [0.1, 0.15) is 33.6 Å². The second-order valence-corrected chi connectivity index (χ2v) is 9.04. The summed E-state index contributed by atoms with van der Waals surface area (Å²) in [7, 11) is 1.59. The summed E-state index contributed by atoms with van der Waals surface area (Å²) in [6.07, 6.45) is 1.22. The van der Waals surface area contributed by atoms with Crippen molar-refractivity contribution in [1.29, 1.82) is 0 Å². The van der Waals surface area contributed by atoms with E-state index in [4.69, 9.17) is 9.47 Å². The van der Waals surface area contributed by atoms with Crippen LogP contribution in [0.3, 0.4) is 0 Å². The minimum Gasteiger partial charge on any atom is -0.490 e. The predicted octanol–water partition coefficient (Wildman–Crippen LogP) is 2.33. The van der Waals surface area contributed by atoms with Gasteiger partial charge in [0.05, 0.1) is 24.6 Å². The number of hydrogen-bond donors (Lipinski definition) is 1. The molecule has 2 heterocycles. The van der Waals surface area contributed by atoms with Gasteiger partial charge in [-0.2, -0.15) is 0 Å². The van der Waals surface area contributed by atoms with Gasteiger partial charge >= 0.3 is 0 Å². The van der Waals surface area contributed by atoms with E-state index in [0.717, 1.165) is 6.42 Å². The smallest absolute Gasteiger partial charge is 0.246 e. The molecule has 0 aromatic heterocycles. The fourth-order valence-electron chi connectivity index (χ4n) is 3.88. The number of benzene rings is 1. The Morgan fingerprint density at radius 2 is 1.97 bits per heavy atom. The Labute approximate surface area is 181 Å². The first-order chi connectivity index (χ1) is 14.3. The minimum absolute atomic E-state index is 0.0107. The predicted molar refractivity (Wildman–Crippen MR) is 116 cm³/mol. The Bertz CT molecular complexity index is 833. The van der Waals surface area contributed by atoms with E-state index in [1.54, 1.807) is 41.9 Å². The molecule has 0 spiro atoms. The molecule has 8 nitrogen and oxygen atoms in total. The zero-order valence-corrected chi connectivity index (χ0v) is 18.7. The van der Waals surface area contributed by atoms with Gasteiger partial charge in [-0.25, -0.2) is 0 Å². The monoisotopic (exact) mass is 435 g/mol. The second kappa shape index (κ2) is 9.16.